The lowest BCUT2D eigenvalue weighted by Crippen LogP contribution is -2.35. The standard InChI is InChI=1S/C18H20N4O2/c1-21-17(23)10-14(18(21)15-7-8-20-22(15)2)19-11-13-9-12-5-3-4-6-16(12)24-13/h3-9,14,18-19H,10-11H2,1-2H3/t14-,18-/m1/s1. The van der Waals surface area contributed by atoms with Gasteiger partial charge < -0.3 is 14.6 Å². The number of carbonyl (C=O) groups is 1. The monoisotopic (exact) mass is 324 g/mol. The Morgan fingerprint density at radius 2 is 2.12 bits per heavy atom. The first kappa shape index (κ1) is 15.0. The lowest BCUT2D eigenvalue weighted by molar-refractivity contribution is -0.127. The highest BCUT2D eigenvalue weighted by atomic mass is 16.3. The summed E-state index contributed by atoms with van der Waals surface area (Å²) in [5, 5.41) is 8.82. The molecule has 0 radical (unpaired) electrons. The summed E-state index contributed by atoms with van der Waals surface area (Å²) in [5.74, 6) is 1.02. The minimum absolute atomic E-state index is 0.0191. The van der Waals surface area contributed by atoms with Gasteiger partial charge in [0.15, 0.2) is 0 Å². The van der Waals surface area contributed by atoms with Crippen LogP contribution in [0.5, 0.6) is 0 Å². The summed E-state index contributed by atoms with van der Waals surface area (Å²) >= 11 is 0. The van der Waals surface area contributed by atoms with Crippen molar-refractivity contribution in [2.45, 2.75) is 25.0 Å². The van der Waals surface area contributed by atoms with Crippen LogP contribution in [0, 0.1) is 0 Å². The summed E-state index contributed by atoms with van der Waals surface area (Å²) in [6.45, 7) is 0.592. The van der Waals surface area contributed by atoms with Crippen LogP contribution in [0.2, 0.25) is 0 Å². The fourth-order valence-corrected chi connectivity index (χ4v) is 3.49. The Morgan fingerprint density at radius 1 is 1.29 bits per heavy atom. The molecular weight excluding hydrogens is 304 g/mol. The van der Waals surface area contributed by atoms with E-state index in [1.807, 2.05) is 55.2 Å². The summed E-state index contributed by atoms with van der Waals surface area (Å²) in [7, 11) is 3.76. The normalized spacial score (nSPS) is 21.1. The molecule has 1 aliphatic heterocycles. The summed E-state index contributed by atoms with van der Waals surface area (Å²) in [6, 6.07) is 12.0. The van der Waals surface area contributed by atoms with Gasteiger partial charge in [0.05, 0.1) is 18.3 Å². The molecule has 6 heteroatoms. The van der Waals surface area contributed by atoms with Crippen molar-refractivity contribution in [1.29, 1.82) is 0 Å². The minimum atomic E-state index is -0.0191. The van der Waals surface area contributed by atoms with Crippen molar-refractivity contribution in [3.05, 3.63) is 54.0 Å². The van der Waals surface area contributed by atoms with Crippen LogP contribution in [0.3, 0.4) is 0 Å². The van der Waals surface area contributed by atoms with Gasteiger partial charge in [-0.25, -0.2) is 0 Å². The van der Waals surface area contributed by atoms with Gasteiger partial charge in [-0.3, -0.25) is 9.48 Å². The highest BCUT2D eigenvalue weighted by Gasteiger charge is 2.39. The van der Waals surface area contributed by atoms with Crippen molar-refractivity contribution in [1.82, 2.24) is 20.0 Å². The smallest absolute Gasteiger partial charge is 0.224 e. The number of nitrogens with zero attached hydrogens (tertiary/aromatic N) is 3. The van der Waals surface area contributed by atoms with Crippen LogP contribution < -0.4 is 5.32 Å². The van der Waals surface area contributed by atoms with Crippen LogP contribution in [0.25, 0.3) is 11.0 Å². The zero-order chi connectivity index (χ0) is 16.7. The largest absolute Gasteiger partial charge is 0.460 e. The third-order valence-electron chi connectivity index (χ3n) is 4.76. The zero-order valence-electron chi connectivity index (χ0n) is 13.8. The van der Waals surface area contributed by atoms with Crippen LogP contribution in [0.1, 0.15) is 23.9 Å². The lowest BCUT2D eigenvalue weighted by Gasteiger charge is -2.25. The quantitative estimate of drug-likeness (QED) is 0.799. The Kier molecular flexibility index (Phi) is 3.61. The van der Waals surface area contributed by atoms with E-state index in [1.54, 1.807) is 11.1 Å². The lowest BCUT2D eigenvalue weighted by atomic mass is 10.1. The third kappa shape index (κ3) is 2.49. The Balaban J connectivity index is 1.54. The molecule has 0 spiro atoms. The number of amides is 1. The fraction of sp³-hybridized carbons (Fsp3) is 0.333. The van der Waals surface area contributed by atoms with Crippen molar-refractivity contribution < 1.29 is 9.21 Å². The van der Waals surface area contributed by atoms with Crippen LogP contribution >= 0.6 is 0 Å². The molecule has 0 bridgehead atoms. The second kappa shape index (κ2) is 5.79. The Labute approximate surface area is 140 Å². The first-order valence-corrected chi connectivity index (χ1v) is 8.08. The molecule has 1 aliphatic rings. The number of likely N-dealkylation sites (tertiary alicyclic amines) is 1. The average molecular weight is 324 g/mol. The number of hydrogen-bond acceptors (Lipinski definition) is 4. The average Bonchev–Trinajstić information content (AvgIpc) is 3.24. The van der Waals surface area contributed by atoms with Gasteiger partial charge in [-0.05, 0) is 18.2 Å². The van der Waals surface area contributed by atoms with Gasteiger partial charge in [0.1, 0.15) is 11.3 Å². The zero-order valence-corrected chi connectivity index (χ0v) is 13.8. The molecule has 2 atom stereocenters. The fourth-order valence-electron chi connectivity index (χ4n) is 3.49. The maximum atomic E-state index is 12.2. The molecule has 2 aromatic heterocycles. The molecule has 1 N–H and O–H groups in total. The number of aromatic nitrogens is 2. The van der Waals surface area contributed by atoms with E-state index in [-0.39, 0.29) is 18.0 Å². The van der Waals surface area contributed by atoms with E-state index in [1.165, 1.54) is 0 Å². The molecule has 0 aliphatic carbocycles. The van der Waals surface area contributed by atoms with Crippen LogP contribution in [0.4, 0.5) is 0 Å². The predicted molar refractivity (Wildman–Crippen MR) is 90.2 cm³/mol. The maximum absolute atomic E-state index is 12.2. The Bertz CT molecular complexity index is 849. The first-order chi connectivity index (χ1) is 11.6. The van der Waals surface area contributed by atoms with Crippen molar-refractivity contribution in [3.63, 3.8) is 0 Å². The van der Waals surface area contributed by atoms with Gasteiger partial charge in [0, 0.05) is 38.1 Å². The Morgan fingerprint density at radius 3 is 2.88 bits per heavy atom. The van der Waals surface area contributed by atoms with Gasteiger partial charge in [0.25, 0.3) is 0 Å². The molecule has 0 unspecified atom stereocenters. The molecule has 6 nitrogen and oxygen atoms in total. The van der Waals surface area contributed by atoms with Crippen LogP contribution in [0.15, 0.2) is 47.0 Å². The number of hydrogen-bond donors (Lipinski definition) is 1. The van der Waals surface area contributed by atoms with Crippen molar-refractivity contribution in [2.75, 3.05) is 7.05 Å². The third-order valence-corrected chi connectivity index (χ3v) is 4.76. The number of furan rings is 1. The molecular formula is C18H20N4O2. The molecule has 4 rings (SSSR count). The van der Waals surface area contributed by atoms with E-state index in [2.05, 4.69) is 10.4 Å². The summed E-state index contributed by atoms with van der Waals surface area (Å²) in [6.07, 6.45) is 2.24. The number of rotatable bonds is 4. The number of para-hydroxylation sites is 1. The minimum Gasteiger partial charge on any atom is -0.460 e. The van der Waals surface area contributed by atoms with Gasteiger partial charge in [-0.15, -0.1) is 0 Å². The highest BCUT2D eigenvalue weighted by Crippen LogP contribution is 2.31. The van der Waals surface area contributed by atoms with Crippen molar-refractivity contribution in [2.24, 2.45) is 7.05 Å². The van der Waals surface area contributed by atoms with Gasteiger partial charge in [0.2, 0.25) is 5.91 Å². The van der Waals surface area contributed by atoms with Gasteiger partial charge in [-0.1, -0.05) is 18.2 Å². The van der Waals surface area contributed by atoms with Crippen molar-refractivity contribution in [3.8, 4) is 0 Å². The SMILES string of the molecule is CN1C(=O)C[C@@H](NCc2cc3ccccc3o2)[C@@H]1c1ccnn1C. The maximum Gasteiger partial charge on any atom is 0.224 e. The predicted octanol–water partition coefficient (Wildman–Crippen LogP) is 2.23. The molecule has 124 valence electrons. The number of aryl methyl sites for hydroxylation is 1. The van der Waals surface area contributed by atoms with E-state index in [4.69, 9.17) is 4.42 Å². The molecule has 1 amide bonds. The van der Waals surface area contributed by atoms with E-state index in [9.17, 15) is 4.79 Å². The molecule has 3 aromatic rings. The second-order valence-corrected chi connectivity index (χ2v) is 6.27. The molecule has 1 fully saturated rings. The van der Waals surface area contributed by atoms with Crippen LogP contribution in [-0.2, 0) is 18.4 Å². The second-order valence-electron chi connectivity index (χ2n) is 6.27. The van der Waals surface area contributed by atoms with Gasteiger partial charge in [-0.2, -0.15) is 5.10 Å². The molecule has 1 saturated heterocycles. The number of nitrogens with one attached hydrogen (secondary N) is 1. The van der Waals surface area contributed by atoms with E-state index >= 15 is 0 Å². The number of carbonyl (C=O) groups excluding carboxylic acids is 1. The molecule has 3 heterocycles. The summed E-state index contributed by atoms with van der Waals surface area (Å²) in [5.41, 5.74) is 1.92. The highest BCUT2D eigenvalue weighted by molar-refractivity contribution is 5.80. The van der Waals surface area contributed by atoms with Gasteiger partial charge >= 0.3 is 0 Å². The van der Waals surface area contributed by atoms with Crippen molar-refractivity contribution >= 4 is 16.9 Å². The number of fused-ring (bicyclic) bond motifs is 1. The summed E-state index contributed by atoms with van der Waals surface area (Å²) < 4.78 is 7.68. The van der Waals surface area contributed by atoms with Crippen LogP contribution in [-0.4, -0.2) is 33.7 Å². The number of likely N-dealkylation sites (N-methyl/N-ethyl adjacent to an activating group) is 1. The summed E-state index contributed by atoms with van der Waals surface area (Å²) in [4.78, 5) is 14.0. The van der Waals surface area contributed by atoms with E-state index in [0.717, 1.165) is 22.4 Å². The first-order valence-electron chi connectivity index (χ1n) is 8.08. The molecule has 1 aromatic carbocycles. The molecule has 24 heavy (non-hydrogen) atoms. The van der Waals surface area contributed by atoms with E-state index in [0.29, 0.717) is 13.0 Å². The van der Waals surface area contributed by atoms with E-state index < -0.39 is 0 Å². The molecule has 0 saturated carbocycles. The Hall–Kier alpha value is -2.60. The topological polar surface area (TPSA) is 63.3 Å². The number of benzene rings is 1.